The molecule has 0 aliphatic rings. The maximum Gasteiger partial charge on any atom is 0.460 e. The molecule has 0 heterocycles. The summed E-state index contributed by atoms with van der Waals surface area (Å²) < 4.78 is 194. The molecule has 4 nitrogen and oxygen atoms in total. The SMILES string of the molecule is CC(CO)(CO)NC(=O)C(F)(F)C(F)(F)C(F)(F)C(F)(F)C(F)(F)C(F)(F)C(F)(F)F. The van der Waals surface area contributed by atoms with E-state index in [1.807, 2.05) is 0 Å². The van der Waals surface area contributed by atoms with E-state index >= 15 is 0 Å². The van der Waals surface area contributed by atoms with Gasteiger partial charge in [-0.1, -0.05) is 0 Å². The number of amides is 1. The van der Waals surface area contributed by atoms with Crippen LogP contribution in [0.4, 0.5) is 65.9 Å². The second-order valence-corrected chi connectivity index (χ2v) is 6.28. The van der Waals surface area contributed by atoms with E-state index in [4.69, 9.17) is 10.2 Å². The molecule has 31 heavy (non-hydrogen) atoms. The van der Waals surface area contributed by atoms with Gasteiger partial charge < -0.3 is 15.5 Å². The van der Waals surface area contributed by atoms with E-state index < -0.39 is 66.4 Å². The predicted octanol–water partition coefficient (Wildman–Crippen LogP) is 3.22. The number of aliphatic hydroxyl groups excluding tert-OH is 2. The molecule has 0 radical (unpaired) electrons. The van der Waals surface area contributed by atoms with Gasteiger partial charge in [0.2, 0.25) is 0 Å². The van der Waals surface area contributed by atoms with E-state index in [2.05, 4.69) is 0 Å². The third-order valence-electron chi connectivity index (χ3n) is 3.73. The fourth-order valence-corrected chi connectivity index (χ4v) is 1.59. The molecule has 0 aromatic heterocycles. The van der Waals surface area contributed by atoms with Crippen LogP contribution >= 0.6 is 0 Å². The van der Waals surface area contributed by atoms with Crippen LogP contribution in [0.15, 0.2) is 0 Å². The Morgan fingerprint density at radius 2 is 0.903 bits per heavy atom. The lowest BCUT2D eigenvalue weighted by molar-refractivity contribution is -0.449. The van der Waals surface area contributed by atoms with Crippen molar-refractivity contribution in [2.24, 2.45) is 0 Å². The average Bonchev–Trinajstić information content (AvgIpc) is 2.59. The monoisotopic (exact) mass is 501 g/mol. The lowest BCUT2D eigenvalue weighted by Crippen LogP contribution is -2.74. The van der Waals surface area contributed by atoms with Crippen molar-refractivity contribution < 1.29 is 80.9 Å². The van der Waals surface area contributed by atoms with Crippen molar-refractivity contribution in [3.05, 3.63) is 0 Å². The molecule has 0 spiro atoms. The van der Waals surface area contributed by atoms with E-state index in [9.17, 15) is 70.7 Å². The molecule has 0 aromatic rings. The van der Waals surface area contributed by atoms with Gasteiger partial charge in [-0.25, -0.2) is 0 Å². The maximum atomic E-state index is 13.5. The Balaban J connectivity index is 6.53. The molecule has 0 saturated heterocycles. The van der Waals surface area contributed by atoms with E-state index in [1.165, 1.54) is 0 Å². The van der Waals surface area contributed by atoms with Gasteiger partial charge in [-0.15, -0.1) is 0 Å². The highest BCUT2D eigenvalue weighted by atomic mass is 19.4. The van der Waals surface area contributed by atoms with Gasteiger partial charge in [0, 0.05) is 0 Å². The fraction of sp³-hybridized carbons (Fsp3) is 0.917. The number of carbonyl (C=O) groups excluding carboxylic acids is 1. The molecule has 0 atom stereocenters. The molecule has 0 bridgehead atoms. The predicted molar refractivity (Wildman–Crippen MR) is 66.5 cm³/mol. The Kier molecular flexibility index (Phi) is 7.32. The summed E-state index contributed by atoms with van der Waals surface area (Å²) >= 11 is 0. The highest BCUT2D eigenvalue weighted by molar-refractivity contribution is 5.85. The molecule has 0 fully saturated rings. The van der Waals surface area contributed by atoms with Gasteiger partial charge in [0.1, 0.15) is 0 Å². The first kappa shape index (κ1) is 29.3. The first-order chi connectivity index (χ1) is 13.2. The van der Waals surface area contributed by atoms with Gasteiger partial charge in [0.25, 0.3) is 5.91 Å². The van der Waals surface area contributed by atoms with Crippen molar-refractivity contribution in [3.8, 4) is 0 Å². The highest BCUT2D eigenvalue weighted by Crippen LogP contribution is 2.62. The molecule has 0 aromatic carbocycles. The quantitative estimate of drug-likeness (QED) is 0.426. The zero-order chi connectivity index (χ0) is 25.7. The summed E-state index contributed by atoms with van der Waals surface area (Å²) in [5.74, 6) is -52.3. The Morgan fingerprint density at radius 3 is 1.19 bits per heavy atom. The van der Waals surface area contributed by atoms with Gasteiger partial charge in [-0.05, 0) is 6.92 Å². The summed E-state index contributed by atoms with van der Waals surface area (Å²) in [5.41, 5.74) is -2.71. The number of aliphatic hydroxyl groups is 2. The second kappa shape index (κ2) is 7.73. The molecule has 19 heteroatoms. The summed E-state index contributed by atoms with van der Waals surface area (Å²) in [7, 11) is 0. The molecule has 0 aliphatic carbocycles. The van der Waals surface area contributed by atoms with Crippen molar-refractivity contribution in [3.63, 3.8) is 0 Å². The molecule has 1 amide bonds. The number of halogens is 15. The Hall–Kier alpha value is -1.66. The second-order valence-electron chi connectivity index (χ2n) is 6.28. The minimum atomic E-state index is -8.51. The molecule has 0 aliphatic heterocycles. The first-order valence-corrected chi connectivity index (χ1v) is 7.13. The van der Waals surface area contributed by atoms with Gasteiger partial charge in [-0.3, -0.25) is 4.79 Å². The van der Waals surface area contributed by atoms with Crippen molar-refractivity contribution in [2.75, 3.05) is 13.2 Å². The number of alkyl halides is 15. The smallest absolute Gasteiger partial charge is 0.394 e. The molecule has 0 saturated carbocycles. The number of hydrogen-bond acceptors (Lipinski definition) is 3. The molecule has 0 rings (SSSR count). The van der Waals surface area contributed by atoms with Gasteiger partial charge in [-0.2, -0.15) is 65.9 Å². The van der Waals surface area contributed by atoms with Crippen LogP contribution in [0.3, 0.4) is 0 Å². The Morgan fingerprint density at radius 1 is 0.613 bits per heavy atom. The minimum absolute atomic E-state index is 0.407. The summed E-state index contributed by atoms with van der Waals surface area (Å²) in [4.78, 5) is 11.2. The maximum absolute atomic E-state index is 13.5. The number of rotatable bonds is 9. The third kappa shape index (κ3) is 4.09. The van der Waals surface area contributed by atoms with Crippen molar-refractivity contribution in [2.45, 2.75) is 54.2 Å². The van der Waals surface area contributed by atoms with Crippen molar-refractivity contribution in [1.29, 1.82) is 0 Å². The van der Waals surface area contributed by atoms with Crippen LogP contribution in [0.2, 0.25) is 0 Å². The summed E-state index contributed by atoms with van der Waals surface area (Å²) in [6.07, 6.45) is -7.73. The van der Waals surface area contributed by atoms with Crippen LogP contribution in [0, 0.1) is 0 Å². The van der Waals surface area contributed by atoms with Crippen molar-refractivity contribution in [1.82, 2.24) is 5.32 Å². The van der Waals surface area contributed by atoms with Crippen LogP contribution < -0.4 is 5.32 Å². The molecule has 3 N–H and O–H groups in total. The van der Waals surface area contributed by atoms with Crippen LogP contribution in [-0.2, 0) is 4.79 Å². The van der Waals surface area contributed by atoms with Crippen LogP contribution in [0.25, 0.3) is 0 Å². The first-order valence-electron chi connectivity index (χ1n) is 7.13. The number of hydrogen-bond donors (Lipinski definition) is 3. The van der Waals surface area contributed by atoms with Crippen molar-refractivity contribution >= 4 is 5.91 Å². The average molecular weight is 501 g/mol. The largest absolute Gasteiger partial charge is 0.460 e. The summed E-state index contributed by atoms with van der Waals surface area (Å²) in [6.45, 7) is -2.73. The normalized spacial score (nSPS) is 15.8. The van der Waals surface area contributed by atoms with Crippen LogP contribution in [0.5, 0.6) is 0 Å². The Labute approximate surface area is 161 Å². The highest BCUT2D eigenvalue weighted by Gasteiger charge is 2.94. The van der Waals surface area contributed by atoms with E-state index in [-0.39, 0.29) is 0 Å². The zero-order valence-electron chi connectivity index (χ0n) is 14.4. The summed E-state index contributed by atoms with van der Waals surface area (Å²) in [5, 5.41) is 18.0. The van der Waals surface area contributed by atoms with E-state index in [1.54, 1.807) is 0 Å². The van der Waals surface area contributed by atoms with Crippen LogP contribution in [0.1, 0.15) is 6.92 Å². The number of carbonyl (C=O) groups is 1. The van der Waals surface area contributed by atoms with Gasteiger partial charge in [0.15, 0.2) is 0 Å². The van der Waals surface area contributed by atoms with Gasteiger partial charge in [0.05, 0.1) is 18.8 Å². The molecule has 0 unspecified atom stereocenters. The van der Waals surface area contributed by atoms with E-state index in [0.29, 0.717) is 12.2 Å². The zero-order valence-corrected chi connectivity index (χ0v) is 14.4. The topological polar surface area (TPSA) is 69.6 Å². The lowest BCUT2D eigenvalue weighted by Gasteiger charge is -2.41. The summed E-state index contributed by atoms with van der Waals surface area (Å²) in [6, 6.07) is 0. The number of nitrogens with one attached hydrogen (secondary N) is 1. The minimum Gasteiger partial charge on any atom is -0.394 e. The molecular weight excluding hydrogens is 491 g/mol. The fourth-order valence-electron chi connectivity index (χ4n) is 1.59. The standard InChI is InChI=1S/C12H10F15NO3/c1-5(2-29,3-30)28-4(31)6(13,14)7(15,16)8(17,18)9(19,20)10(21,22)11(23,24)12(25,26)27/h29-30H,2-3H2,1H3,(H,28,31). The van der Waals surface area contributed by atoms with E-state index in [0.717, 1.165) is 0 Å². The Bertz CT molecular complexity index is 669. The van der Waals surface area contributed by atoms with Gasteiger partial charge >= 0.3 is 41.7 Å². The molecular formula is C12H10F15NO3. The molecule has 186 valence electrons. The lowest BCUT2D eigenvalue weighted by atomic mass is 9.90. The third-order valence-corrected chi connectivity index (χ3v) is 3.73. The van der Waals surface area contributed by atoms with Crippen LogP contribution in [-0.4, -0.2) is 76.6 Å².